The molecule has 0 saturated heterocycles. The van der Waals surface area contributed by atoms with Crippen molar-refractivity contribution >= 4 is 5.91 Å². The van der Waals surface area contributed by atoms with Crippen molar-refractivity contribution in [1.82, 2.24) is 5.32 Å². The summed E-state index contributed by atoms with van der Waals surface area (Å²) in [7, 11) is 1.41. The van der Waals surface area contributed by atoms with E-state index in [0.717, 1.165) is 5.56 Å². The van der Waals surface area contributed by atoms with Crippen LogP contribution in [0, 0.1) is 23.1 Å². The molecule has 0 aromatic heterocycles. The first-order valence-electron chi connectivity index (χ1n) is 6.12. The number of rotatable bonds is 6. The van der Waals surface area contributed by atoms with Crippen molar-refractivity contribution in [3.05, 3.63) is 29.6 Å². The van der Waals surface area contributed by atoms with Crippen LogP contribution in [0.3, 0.4) is 0 Å². The zero-order valence-electron chi connectivity index (χ0n) is 11.1. The van der Waals surface area contributed by atoms with Crippen LogP contribution in [0.2, 0.25) is 0 Å². The van der Waals surface area contributed by atoms with Crippen LogP contribution >= 0.6 is 0 Å². The molecule has 1 N–H and O–H groups in total. The number of methoxy groups -OCH3 is 1. The third-order valence-corrected chi connectivity index (χ3v) is 2.81. The SMILES string of the molecule is CCC(C#N)C(=O)NCCc1ccc(OC)c(F)c1. The third kappa shape index (κ3) is 4.25. The Morgan fingerprint density at radius 1 is 1.58 bits per heavy atom. The quantitative estimate of drug-likeness (QED) is 0.855. The molecule has 4 nitrogen and oxygen atoms in total. The Morgan fingerprint density at radius 2 is 2.32 bits per heavy atom. The Hall–Kier alpha value is -2.09. The predicted molar refractivity (Wildman–Crippen MR) is 69.1 cm³/mol. The normalized spacial score (nSPS) is 11.5. The average Bonchev–Trinajstić information content (AvgIpc) is 2.40. The molecule has 0 fully saturated rings. The van der Waals surface area contributed by atoms with Crippen LogP contribution in [0.15, 0.2) is 18.2 Å². The van der Waals surface area contributed by atoms with Gasteiger partial charge in [-0.15, -0.1) is 0 Å². The molecule has 0 aliphatic carbocycles. The lowest BCUT2D eigenvalue weighted by Gasteiger charge is -2.09. The summed E-state index contributed by atoms with van der Waals surface area (Å²) in [5.74, 6) is -1.12. The highest BCUT2D eigenvalue weighted by atomic mass is 19.1. The van der Waals surface area contributed by atoms with E-state index in [1.807, 2.05) is 6.07 Å². The minimum absolute atomic E-state index is 0.198. The van der Waals surface area contributed by atoms with Crippen molar-refractivity contribution in [3.8, 4) is 11.8 Å². The molecule has 1 aromatic carbocycles. The number of hydrogen-bond acceptors (Lipinski definition) is 3. The monoisotopic (exact) mass is 264 g/mol. The van der Waals surface area contributed by atoms with Gasteiger partial charge in [-0.2, -0.15) is 5.26 Å². The van der Waals surface area contributed by atoms with E-state index < -0.39 is 11.7 Å². The van der Waals surface area contributed by atoms with Gasteiger partial charge >= 0.3 is 0 Å². The molecule has 0 radical (unpaired) electrons. The van der Waals surface area contributed by atoms with Crippen LogP contribution in [0.25, 0.3) is 0 Å². The van der Waals surface area contributed by atoms with E-state index in [9.17, 15) is 9.18 Å². The molecule has 1 amide bonds. The largest absolute Gasteiger partial charge is 0.494 e. The van der Waals surface area contributed by atoms with Crippen molar-refractivity contribution in [2.45, 2.75) is 19.8 Å². The third-order valence-electron chi connectivity index (χ3n) is 2.81. The average molecular weight is 264 g/mol. The van der Waals surface area contributed by atoms with Crippen LogP contribution in [0.1, 0.15) is 18.9 Å². The van der Waals surface area contributed by atoms with Crippen molar-refractivity contribution in [2.75, 3.05) is 13.7 Å². The van der Waals surface area contributed by atoms with Gasteiger partial charge in [-0.3, -0.25) is 4.79 Å². The highest BCUT2D eigenvalue weighted by molar-refractivity contribution is 5.80. The van der Waals surface area contributed by atoms with E-state index in [1.165, 1.54) is 13.2 Å². The molecule has 19 heavy (non-hydrogen) atoms. The van der Waals surface area contributed by atoms with Crippen LogP contribution in [-0.2, 0) is 11.2 Å². The standard InChI is InChI=1S/C14H17FN2O2/c1-3-11(9-16)14(18)17-7-6-10-4-5-13(19-2)12(15)8-10/h4-5,8,11H,3,6-7H2,1-2H3,(H,17,18). The summed E-state index contributed by atoms with van der Waals surface area (Å²) in [6, 6.07) is 6.62. The van der Waals surface area contributed by atoms with E-state index in [4.69, 9.17) is 10.00 Å². The van der Waals surface area contributed by atoms with Gasteiger partial charge in [0.1, 0.15) is 5.92 Å². The minimum Gasteiger partial charge on any atom is -0.494 e. The zero-order chi connectivity index (χ0) is 14.3. The maximum atomic E-state index is 13.4. The molecular formula is C14H17FN2O2. The number of ether oxygens (including phenoxy) is 1. The maximum absolute atomic E-state index is 13.4. The fourth-order valence-corrected chi connectivity index (χ4v) is 1.65. The number of benzene rings is 1. The second-order valence-corrected chi connectivity index (χ2v) is 4.10. The van der Waals surface area contributed by atoms with Crippen molar-refractivity contribution in [1.29, 1.82) is 5.26 Å². The Bertz CT molecular complexity index is 483. The number of amides is 1. The minimum atomic E-state index is -0.618. The topological polar surface area (TPSA) is 62.1 Å². The first-order valence-corrected chi connectivity index (χ1v) is 6.12. The lowest BCUT2D eigenvalue weighted by Crippen LogP contribution is -2.31. The Morgan fingerprint density at radius 3 is 2.84 bits per heavy atom. The Labute approximate surface area is 112 Å². The molecule has 0 bridgehead atoms. The van der Waals surface area contributed by atoms with E-state index in [1.54, 1.807) is 19.1 Å². The van der Waals surface area contributed by atoms with E-state index in [0.29, 0.717) is 19.4 Å². The molecule has 0 aliphatic rings. The Balaban J connectivity index is 2.48. The molecule has 1 atom stereocenters. The highest BCUT2D eigenvalue weighted by Gasteiger charge is 2.14. The number of carbonyl (C=O) groups is 1. The molecule has 0 saturated carbocycles. The van der Waals surface area contributed by atoms with Crippen LogP contribution < -0.4 is 10.1 Å². The van der Waals surface area contributed by atoms with E-state index in [-0.39, 0.29) is 11.7 Å². The van der Waals surface area contributed by atoms with Gasteiger partial charge in [-0.1, -0.05) is 13.0 Å². The van der Waals surface area contributed by atoms with Gasteiger partial charge < -0.3 is 10.1 Å². The number of nitriles is 1. The molecule has 1 aromatic rings. The lowest BCUT2D eigenvalue weighted by atomic mass is 10.1. The van der Waals surface area contributed by atoms with Gasteiger partial charge in [-0.05, 0) is 30.5 Å². The van der Waals surface area contributed by atoms with Gasteiger partial charge in [0.05, 0.1) is 13.2 Å². The number of carbonyl (C=O) groups excluding carboxylic acids is 1. The molecule has 0 aliphatic heterocycles. The summed E-state index contributed by atoms with van der Waals surface area (Å²) in [6.07, 6.45) is 0.994. The summed E-state index contributed by atoms with van der Waals surface area (Å²) in [5.41, 5.74) is 0.767. The van der Waals surface area contributed by atoms with E-state index in [2.05, 4.69) is 5.32 Å². The summed E-state index contributed by atoms with van der Waals surface area (Å²) in [6.45, 7) is 2.16. The summed E-state index contributed by atoms with van der Waals surface area (Å²) in [5, 5.41) is 11.4. The van der Waals surface area contributed by atoms with Crippen molar-refractivity contribution < 1.29 is 13.9 Å². The molecule has 1 unspecified atom stereocenters. The van der Waals surface area contributed by atoms with Gasteiger partial charge in [0, 0.05) is 6.54 Å². The fraction of sp³-hybridized carbons (Fsp3) is 0.429. The first-order chi connectivity index (χ1) is 9.12. The zero-order valence-corrected chi connectivity index (χ0v) is 11.1. The molecule has 0 spiro atoms. The highest BCUT2D eigenvalue weighted by Crippen LogP contribution is 2.17. The van der Waals surface area contributed by atoms with Crippen molar-refractivity contribution in [2.24, 2.45) is 5.92 Å². The van der Waals surface area contributed by atoms with Gasteiger partial charge in [-0.25, -0.2) is 4.39 Å². The van der Waals surface area contributed by atoms with Crippen molar-refractivity contribution in [3.63, 3.8) is 0 Å². The second kappa shape index (κ2) is 7.37. The molecule has 102 valence electrons. The smallest absolute Gasteiger partial charge is 0.237 e. The number of nitrogens with one attached hydrogen (secondary N) is 1. The van der Waals surface area contributed by atoms with Gasteiger partial charge in [0.15, 0.2) is 11.6 Å². The Kier molecular flexibility index (Phi) is 5.80. The molecule has 0 heterocycles. The van der Waals surface area contributed by atoms with E-state index >= 15 is 0 Å². The molecule has 1 rings (SSSR count). The lowest BCUT2D eigenvalue weighted by molar-refractivity contribution is -0.123. The number of nitrogens with zero attached hydrogens (tertiary/aromatic N) is 1. The second-order valence-electron chi connectivity index (χ2n) is 4.10. The van der Waals surface area contributed by atoms with Crippen LogP contribution in [0.5, 0.6) is 5.75 Å². The number of hydrogen-bond donors (Lipinski definition) is 1. The van der Waals surface area contributed by atoms with Gasteiger partial charge in [0.2, 0.25) is 5.91 Å². The first kappa shape index (κ1) is 15.0. The summed E-state index contributed by atoms with van der Waals surface area (Å²) < 4.78 is 18.2. The van der Waals surface area contributed by atoms with Crippen LogP contribution in [-0.4, -0.2) is 19.6 Å². The predicted octanol–water partition coefficient (Wildman–Crippen LogP) is 2.04. The van der Waals surface area contributed by atoms with Crippen LogP contribution in [0.4, 0.5) is 4.39 Å². The fourth-order valence-electron chi connectivity index (χ4n) is 1.65. The summed E-state index contributed by atoms with van der Waals surface area (Å²) in [4.78, 5) is 11.5. The number of halogens is 1. The molecule has 5 heteroatoms. The maximum Gasteiger partial charge on any atom is 0.237 e. The summed E-state index contributed by atoms with van der Waals surface area (Å²) >= 11 is 0. The molecular weight excluding hydrogens is 247 g/mol. The van der Waals surface area contributed by atoms with Gasteiger partial charge in [0.25, 0.3) is 0 Å².